The van der Waals surface area contributed by atoms with Crippen LogP contribution < -0.4 is 19.5 Å². The molecule has 3 aromatic carbocycles. The molecule has 1 aromatic heterocycles. The van der Waals surface area contributed by atoms with Crippen molar-refractivity contribution >= 4 is 27.6 Å². The zero-order chi connectivity index (χ0) is 31.5. The number of amides is 1. The Labute approximate surface area is 250 Å². The predicted octanol–water partition coefficient (Wildman–Crippen LogP) is 5.63. The third kappa shape index (κ3) is 6.71. The molecule has 11 nitrogen and oxygen atoms in total. The number of nitrogens with one attached hydrogen (secondary N) is 2. The lowest BCUT2D eigenvalue weighted by molar-refractivity contribution is 0.0689. The van der Waals surface area contributed by atoms with E-state index >= 15 is 0 Å². The number of carbonyl (C=O) groups is 2. The summed E-state index contributed by atoms with van der Waals surface area (Å²) < 4.78 is 42.6. The van der Waals surface area contributed by atoms with Crippen molar-refractivity contribution in [2.75, 3.05) is 12.4 Å². The average molecular weight is 607 g/mol. The predicted molar refractivity (Wildman–Crippen MR) is 162 cm³/mol. The van der Waals surface area contributed by atoms with Crippen LogP contribution in [0.4, 0.5) is 5.69 Å². The quantitative estimate of drug-likeness (QED) is 0.199. The number of hydrogen-bond donors (Lipinski definition) is 3. The van der Waals surface area contributed by atoms with Crippen molar-refractivity contribution in [1.82, 2.24) is 14.5 Å². The molecule has 0 saturated carbocycles. The van der Waals surface area contributed by atoms with Crippen molar-refractivity contribution in [3.63, 3.8) is 0 Å². The number of hydrogen-bond acceptors (Lipinski definition) is 7. The zero-order valence-corrected chi connectivity index (χ0v) is 25.6. The summed E-state index contributed by atoms with van der Waals surface area (Å²) in [5.41, 5.74) is 2.86. The van der Waals surface area contributed by atoms with Gasteiger partial charge in [0.2, 0.25) is 15.9 Å². The van der Waals surface area contributed by atoms with Crippen molar-refractivity contribution in [1.29, 1.82) is 0 Å². The van der Waals surface area contributed by atoms with Gasteiger partial charge in [0, 0.05) is 22.9 Å². The van der Waals surface area contributed by atoms with Gasteiger partial charge in [-0.25, -0.2) is 17.9 Å². The number of aromatic carboxylic acids is 1. The molecule has 0 fully saturated rings. The summed E-state index contributed by atoms with van der Waals surface area (Å²) in [6.45, 7) is 8.90. The lowest BCUT2D eigenvalue weighted by Crippen LogP contribution is -2.32. The van der Waals surface area contributed by atoms with Gasteiger partial charge in [0.1, 0.15) is 16.4 Å². The van der Waals surface area contributed by atoms with Gasteiger partial charge in [-0.05, 0) is 87.7 Å². The fourth-order valence-corrected chi connectivity index (χ4v) is 5.78. The molecule has 0 aliphatic carbocycles. The largest absolute Gasteiger partial charge is 0.497 e. The van der Waals surface area contributed by atoms with E-state index in [0.717, 1.165) is 11.1 Å². The Morgan fingerprint density at radius 2 is 1.74 bits per heavy atom. The van der Waals surface area contributed by atoms with Gasteiger partial charge < -0.3 is 19.9 Å². The highest BCUT2D eigenvalue weighted by Gasteiger charge is 2.28. The number of aromatic nitrogens is 2. The molecule has 12 heteroatoms. The number of carbonyl (C=O) groups excluding carboxylic acids is 1. The lowest BCUT2D eigenvalue weighted by Gasteiger charge is -2.18. The summed E-state index contributed by atoms with van der Waals surface area (Å²) in [7, 11) is -2.67. The van der Waals surface area contributed by atoms with E-state index in [1.807, 2.05) is 32.9 Å². The smallest absolute Gasteiger partial charge is 0.356 e. The molecule has 0 spiro atoms. The fourth-order valence-electron chi connectivity index (χ4n) is 4.30. The SMILES string of the molecule is CC[C@H](C)NS(=O)(=O)c1cc(NC(=O)c2cccc(OC)c2)ccc1Oc1c(C)c(C(=O)O)nn1-c1cccc(C)c1C. The number of anilines is 1. The van der Waals surface area contributed by atoms with Crippen LogP contribution in [0.5, 0.6) is 17.4 Å². The van der Waals surface area contributed by atoms with E-state index in [0.29, 0.717) is 23.4 Å². The van der Waals surface area contributed by atoms with Crippen LogP contribution in [0.25, 0.3) is 5.69 Å². The standard InChI is InChI=1S/C31H34N4O7S/c1-7-19(3)34-43(39,40)27-17-23(32-29(36)22-11-9-12-24(16-22)41-6)14-15-26(27)42-30-21(5)28(31(37)38)33-35(30)25-13-8-10-18(2)20(25)4/h8-17,19,34H,7H2,1-6H3,(H,32,36)(H,37,38)/t19-/m0/s1. The second-order valence-electron chi connectivity index (χ2n) is 10.1. The molecule has 0 bridgehead atoms. The highest BCUT2D eigenvalue weighted by atomic mass is 32.2. The Balaban J connectivity index is 1.83. The maximum atomic E-state index is 13.6. The maximum absolute atomic E-state index is 13.6. The Morgan fingerprint density at radius 1 is 1.02 bits per heavy atom. The number of carboxylic acids is 1. The zero-order valence-electron chi connectivity index (χ0n) is 24.8. The van der Waals surface area contributed by atoms with Crippen molar-refractivity contribution in [2.24, 2.45) is 0 Å². The molecule has 1 amide bonds. The van der Waals surface area contributed by atoms with E-state index in [2.05, 4.69) is 15.1 Å². The number of carboxylic acid groups (broad SMARTS) is 1. The Kier molecular flexibility index (Phi) is 9.22. The third-order valence-corrected chi connectivity index (χ3v) is 8.68. The first-order chi connectivity index (χ1) is 20.4. The summed E-state index contributed by atoms with van der Waals surface area (Å²) >= 11 is 0. The first-order valence-electron chi connectivity index (χ1n) is 13.5. The van der Waals surface area contributed by atoms with E-state index in [9.17, 15) is 23.1 Å². The van der Waals surface area contributed by atoms with Crippen LogP contribution in [-0.4, -0.2) is 48.3 Å². The molecular weight excluding hydrogens is 572 g/mol. The summed E-state index contributed by atoms with van der Waals surface area (Å²) in [6.07, 6.45) is 0.530. The van der Waals surface area contributed by atoms with E-state index < -0.39 is 27.9 Å². The highest BCUT2D eigenvalue weighted by Crippen LogP contribution is 2.36. The molecule has 3 N–H and O–H groups in total. The third-order valence-electron chi connectivity index (χ3n) is 7.07. The molecule has 0 saturated heterocycles. The summed E-state index contributed by atoms with van der Waals surface area (Å²) in [6, 6.07) is 15.8. The number of benzene rings is 3. The molecule has 0 radical (unpaired) electrons. The van der Waals surface area contributed by atoms with Crippen LogP contribution in [0.3, 0.4) is 0 Å². The summed E-state index contributed by atoms with van der Waals surface area (Å²) in [4.78, 5) is 24.8. The Hall–Kier alpha value is -4.68. The summed E-state index contributed by atoms with van der Waals surface area (Å²) in [5.74, 6) is -1.27. The summed E-state index contributed by atoms with van der Waals surface area (Å²) in [5, 5.41) is 16.8. The van der Waals surface area contributed by atoms with Crippen LogP contribution in [0.1, 0.15) is 57.8 Å². The molecule has 1 heterocycles. The topological polar surface area (TPSA) is 149 Å². The normalized spacial score (nSPS) is 12.0. The van der Waals surface area contributed by atoms with Crippen LogP contribution >= 0.6 is 0 Å². The molecule has 0 aliphatic rings. The van der Waals surface area contributed by atoms with Crippen molar-refractivity contribution in [3.05, 3.63) is 88.6 Å². The first kappa shape index (κ1) is 31.3. The van der Waals surface area contributed by atoms with Gasteiger partial charge in [0.05, 0.1) is 12.8 Å². The van der Waals surface area contributed by atoms with Gasteiger partial charge in [-0.1, -0.05) is 25.1 Å². The second kappa shape index (κ2) is 12.7. The van der Waals surface area contributed by atoms with Crippen LogP contribution in [-0.2, 0) is 10.0 Å². The van der Waals surface area contributed by atoms with Gasteiger partial charge in [0.15, 0.2) is 5.69 Å². The van der Waals surface area contributed by atoms with Gasteiger partial charge in [0.25, 0.3) is 5.91 Å². The molecule has 0 unspecified atom stereocenters. The molecule has 43 heavy (non-hydrogen) atoms. The highest BCUT2D eigenvalue weighted by molar-refractivity contribution is 7.89. The van der Waals surface area contributed by atoms with Crippen molar-refractivity contribution in [2.45, 2.75) is 52.0 Å². The van der Waals surface area contributed by atoms with Crippen LogP contribution in [0.15, 0.2) is 65.6 Å². The van der Waals surface area contributed by atoms with E-state index in [-0.39, 0.29) is 33.5 Å². The number of sulfonamides is 1. The molecule has 1 atom stereocenters. The van der Waals surface area contributed by atoms with Gasteiger partial charge >= 0.3 is 5.97 Å². The van der Waals surface area contributed by atoms with Gasteiger partial charge in [-0.15, -0.1) is 0 Å². The molecule has 4 rings (SSSR count). The second-order valence-corrected chi connectivity index (χ2v) is 11.8. The Bertz CT molecular complexity index is 1800. The monoisotopic (exact) mass is 606 g/mol. The number of aryl methyl sites for hydroxylation is 1. The van der Waals surface area contributed by atoms with E-state index in [4.69, 9.17) is 9.47 Å². The van der Waals surface area contributed by atoms with Crippen LogP contribution in [0.2, 0.25) is 0 Å². The first-order valence-corrected chi connectivity index (χ1v) is 15.0. The minimum atomic E-state index is -4.16. The number of ether oxygens (including phenoxy) is 2. The van der Waals surface area contributed by atoms with Gasteiger partial charge in [-0.2, -0.15) is 9.78 Å². The average Bonchev–Trinajstić information content (AvgIpc) is 3.30. The van der Waals surface area contributed by atoms with Crippen LogP contribution in [0, 0.1) is 20.8 Å². The van der Waals surface area contributed by atoms with Crippen molar-refractivity contribution < 1.29 is 32.6 Å². The number of rotatable bonds is 11. The lowest BCUT2D eigenvalue weighted by atomic mass is 10.1. The molecule has 0 aliphatic heterocycles. The van der Waals surface area contributed by atoms with Gasteiger partial charge in [-0.3, -0.25) is 4.79 Å². The minimum Gasteiger partial charge on any atom is -0.497 e. The fraction of sp³-hybridized carbons (Fsp3) is 0.258. The minimum absolute atomic E-state index is 0.0410. The van der Waals surface area contributed by atoms with E-state index in [1.54, 1.807) is 44.2 Å². The molecular formula is C31H34N4O7S. The number of methoxy groups -OCH3 is 1. The molecule has 4 aromatic rings. The van der Waals surface area contributed by atoms with Crippen molar-refractivity contribution in [3.8, 4) is 23.1 Å². The number of nitrogens with zero attached hydrogens (tertiary/aromatic N) is 2. The van der Waals surface area contributed by atoms with E-state index in [1.165, 1.54) is 30.0 Å². The Morgan fingerprint density at radius 3 is 2.42 bits per heavy atom. The molecule has 226 valence electrons. The maximum Gasteiger partial charge on any atom is 0.356 e.